The van der Waals surface area contributed by atoms with Gasteiger partial charge in [0.2, 0.25) is 26.0 Å². The van der Waals surface area contributed by atoms with Crippen LogP contribution in [-0.4, -0.2) is 148 Å². The number of pyridine rings is 2. The van der Waals surface area contributed by atoms with Crippen molar-refractivity contribution in [2.75, 3.05) is 39.3 Å². The SMILES string of the molecule is Cc1ccc(CN2CCCC23CCN(C(=O)OC(C)(C)C)CC3)c(CC(=O)NS(=O)(=O)C2CC2)n1.Cc1ccc(CN2CCCC23CCN(C(=O)OC(C)(C)C)CC3)c(CC(=O)O)n1.NS(=O)(=O)C1CC1. The van der Waals surface area contributed by atoms with Crippen molar-refractivity contribution in [3.8, 4) is 0 Å². The summed E-state index contributed by atoms with van der Waals surface area (Å²) in [6.45, 7) is 21.1. The van der Waals surface area contributed by atoms with Gasteiger partial charge >= 0.3 is 18.2 Å². The highest BCUT2D eigenvalue weighted by atomic mass is 32.2. The lowest BCUT2D eigenvalue weighted by atomic mass is 9.84. The number of sulfonamides is 2. The molecule has 6 aliphatic rings. The lowest BCUT2D eigenvalue weighted by Gasteiger charge is -2.45. The van der Waals surface area contributed by atoms with E-state index < -0.39 is 48.4 Å². The first-order valence-electron chi connectivity index (χ1n) is 25.2. The number of ether oxygens (including phenoxy) is 2. The second-order valence-electron chi connectivity index (χ2n) is 22.4. The standard InChI is InChI=1S/C25H38N4O5S.C22H33N3O4.C3H7NO2S/c1-18-6-7-19(21(26-18)16-22(30)27-35(32,33)20-8-9-20)17-29-13-5-10-25(29)11-14-28(15-12-25)23(31)34-24(2,3)4;1-16-6-7-17(18(23-16)14-19(26)27)15-25-11-5-8-22(25)9-12-24(13-10-22)20(28)29-21(2,3)4;4-7(5,6)3-1-2-3/h6-7,20H,5,8-17H2,1-4H3,(H,27,30);6-7H,5,8-15H2,1-4H3,(H,26,27);3H,1-2H2,(H2,4,5,6). The summed E-state index contributed by atoms with van der Waals surface area (Å²) in [6, 6.07) is 7.91. The van der Waals surface area contributed by atoms with Crippen molar-refractivity contribution in [3.63, 3.8) is 0 Å². The molecule has 396 valence electrons. The molecule has 0 atom stereocenters. The Kier molecular flexibility index (Phi) is 17.6. The average molecular weight is 1030 g/mol. The summed E-state index contributed by atoms with van der Waals surface area (Å²) in [6.07, 6.45) is 10.1. The van der Waals surface area contributed by atoms with Gasteiger partial charge in [-0.15, -0.1) is 0 Å². The number of carboxylic acids is 1. The van der Waals surface area contributed by atoms with Crippen LogP contribution in [0.5, 0.6) is 0 Å². The van der Waals surface area contributed by atoms with Gasteiger partial charge in [0.25, 0.3) is 0 Å². The van der Waals surface area contributed by atoms with Crippen LogP contribution in [0.2, 0.25) is 0 Å². The number of carboxylic acid groups (broad SMARTS) is 1. The Bertz CT molecular complexity index is 2470. The van der Waals surface area contributed by atoms with E-state index in [-0.39, 0.29) is 41.4 Å². The van der Waals surface area contributed by atoms with E-state index in [0.717, 1.165) is 99.8 Å². The van der Waals surface area contributed by atoms with Gasteiger partial charge in [-0.2, -0.15) is 0 Å². The Morgan fingerprint density at radius 3 is 1.38 bits per heavy atom. The molecule has 4 saturated heterocycles. The van der Waals surface area contributed by atoms with Crippen LogP contribution in [0.15, 0.2) is 24.3 Å². The number of nitrogens with zero attached hydrogens (tertiary/aromatic N) is 6. The predicted molar refractivity (Wildman–Crippen MR) is 268 cm³/mol. The molecule has 2 aliphatic carbocycles. The zero-order valence-corrected chi connectivity index (χ0v) is 44.8. The molecule has 0 aromatic carbocycles. The van der Waals surface area contributed by atoms with E-state index in [1.807, 2.05) is 84.6 Å². The molecule has 8 rings (SSSR count). The maximum Gasteiger partial charge on any atom is 0.410 e. The predicted octanol–water partition coefficient (Wildman–Crippen LogP) is 5.73. The minimum atomic E-state index is -3.58. The number of carbonyl (C=O) groups is 4. The van der Waals surface area contributed by atoms with Gasteiger partial charge in [0.15, 0.2) is 0 Å². The van der Waals surface area contributed by atoms with Crippen LogP contribution < -0.4 is 9.86 Å². The minimum Gasteiger partial charge on any atom is -0.481 e. The maximum absolute atomic E-state index is 12.6. The summed E-state index contributed by atoms with van der Waals surface area (Å²) in [7, 11) is -6.71. The number of likely N-dealkylation sites (tertiary alicyclic amines) is 4. The second kappa shape index (κ2) is 22.4. The van der Waals surface area contributed by atoms with Gasteiger partial charge in [-0.05, 0) is 169 Å². The fraction of sp³-hybridized carbons (Fsp3) is 0.720. The lowest BCUT2D eigenvalue weighted by Crippen LogP contribution is -2.53. The van der Waals surface area contributed by atoms with Gasteiger partial charge in [0.05, 0.1) is 34.7 Å². The smallest absolute Gasteiger partial charge is 0.410 e. The van der Waals surface area contributed by atoms with E-state index in [9.17, 15) is 41.1 Å². The molecule has 2 saturated carbocycles. The highest BCUT2D eigenvalue weighted by Gasteiger charge is 2.46. The number of amides is 3. The van der Waals surface area contributed by atoms with Gasteiger partial charge in [-0.1, -0.05) is 12.1 Å². The lowest BCUT2D eigenvalue weighted by molar-refractivity contribution is -0.136. The van der Waals surface area contributed by atoms with Crippen LogP contribution in [0.3, 0.4) is 0 Å². The third-order valence-corrected chi connectivity index (χ3v) is 17.4. The molecule has 0 radical (unpaired) electrons. The second-order valence-corrected chi connectivity index (χ2v) is 26.2. The largest absolute Gasteiger partial charge is 0.481 e. The van der Waals surface area contributed by atoms with Crippen molar-refractivity contribution in [1.82, 2.24) is 34.3 Å². The summed E-state index contributed by atoms with van der Waals surface area (Å²) in [5.41, 5.74) is 3.96. The maximum atomic E-state index is 12.6. The fourth-order valence-electron chi connectivity index (χ4n) is 10.1. The number of aliphatic carboxylic acids is 1. The molecule has 4 aliphatic heterocycles. The summed E-state index contributed by atoms with van der Waals surface area (Å²) < 4.78 is 58.0. The molecule has 0 unspecified atom stereocenters. The number of piperidine rings is 2. The molecule has 2 aromatic rings. The molecule has 21 heteroatoms. The number of aryl methyl sites for hydroxylation is 2. The van der Waals surface area contributed by atoms with E-state index in [4.69, 9.17) is 14.6 Å². The molecular formula is C50H78N8O11S2. The topological polar surface area (TPSA) is 252 Å². The number of nitrogens with one attached hydrogen (secondary N) is 1. The number of rotatable bonds is 11. The van der Waals surface area contributed by atoms with Gasteiger partial charge in [0, 0.05) is 61.7 Å². The van der Waals surface area contributed by atoms with Crippen LogP contribution >= 0.6 is 0 Å². The van der Waals surface area contributed by atoms with Crippen molar-refractivity contribution in [2.45, 2.75) is 191 Å². The van der Waals surface area contributed by atoms with Gasteiger partial charge in [-0.3, -0.25) is 34.1 Å². The van der Waals surface area contributed by atoms with Crippen molar-refractivity contribution < 1.29 is 50.6 Å². The first-order chi connectivity index (χ1) is 33.1. The molecule has 2 aromatic heterocycles. The Morgan fingerprint density at radius 1 is 0.648 bits per heavy atom. The zero-order chi connectivity index (χ0) is 52.2. The van der Waals surface area contributed by atoms with Gasteiger partial charge in [-0.25, -0.2) is 31.6 Å². The third-order valence-electron chi connectivity index (χ3n) is 14.2. The van der Waals surface area contributed by atoms with Gasteiger partial charge < -0.3 is 24.4 Å². The van der Waals surface area contributed by atoms with Crippen molar-refractivity contribution in [3.05, 3.63) is 58.2 Å². The number of hydrogen-bond acceptors (Lipinski definition) is 14. The molecule has 6 heterocycles. The van der Waals surface area contributed by atoms with Crippen LogP contribution in [0, 0.1) is 13.8 Å². The Hall–Kier alpha value is -4.44. The molecule has 4 N–H and O–H groups in total. The molecule has 0 bridgehead atoms. The summed E-state index contributed by atoms with van der Waals surface area (Å²) in [5, 5.41) is 13.3. The molecule has 19 nitrogen and oxygen atoms in total. The van der Waals surface area contributed by atoms with Crippen LogP contribution in [0.1, 0.15) is 152 Å². The Balaban J connectivity index is 0.000000207. The number of nitrogens with two attached hydrogens (primary N) is 1. The first kappa shape index (κ1) is 55.9. The Morgan fingerprint density at radius 2 is 1.04 bits per heavy atom. The van der Waals surface area contributed by atoms with E-state index in [1.54, 1.807) is 4.90 Å². The van der Waals surface area contributed by atoms with E-state index in [2.05, 4.69) is 24.5 Å². The quantitative estimate of drug-likeness (QED) is 0.243. The van der Waals surface area contributed by atoms with Crippen LogP contribution in [-0.2, 0) is 65.0 Å². The molecule has 71 heavy (non-hydrogen) atoms. The summed E-state index contributed by atoms with van der Waals surface area (Å²) in [4.78, 5) is 66.4. The van der Waals surface area contributed by atoms with Gasteiger partial charge in [0.1, 0.15) is 11.2 Å². The third kappa shape index (κ3) is 16.0. The number of primary sulfonamides is 1. The number of aromatic nitrogens is 2. The zero-order valence-electron chi connectivity index (χ0n) is 43.1. The molecular weight excluding hydrogens is 953 g/mol. The average Bonchev–Trinajstić information content (AvgIpc) is 4.19. The highest BCUT2D eigenvalue weighted by molar-refractivity contribution is 7.91. The van der Waals surface area contributed by atoms with E-state index in [1.165, 1.54) is 0 Å². The minimum absolute atomic E-state index is 0.0121. The monoisotopic (exact) mass is 1030 g/mol. The van der Waals surface area contributed by atoms with E-state index in [0.29, 0.717) is 63.5 Å². The van der Waals surface area contributed by atoms with Crippen molar-refractivity contribution in [1.29, 1.82) is 0 Å². The summed E-state index contributed by atoms with van der Waals surface area (Å²) >= 11 is 0. The number of hydrogen-bond donors (Lipinski definition) is 3. The molecule has 6 fully saturated rings. The highest BCUT2D eigenvalue weighted by Crippen LogP contribution is 2.41. The summed E-state index contributed by atoms with van der Waals surface area (Å²) in [5.74, 6) is -1.38. The molecule has 2 spiro atoms. The first-order valence-corrected chi connectivity index (χ1v) is 28.4. The van der Waals surface area contributed by atoms with E-state index >= 15 is 0 Å². The van der Waals surface area contributed by atoms with Crippen LogP contribution in [0.4, 0.5) is 9.59 Å². The fourth-order valence-corrected chi connectivity index (χ4v) is 12.2. The van der Waals surface area contributed by atoms with Crippen molar-refractivity contribution in [2.24, 2.45) is 5.14 Å². The molecule has 3 amide bonds. The Labute approximate surface area is 421 Å². The number of carbonyl (C=O) groups excluding carboxylic acids is 3. The van der Waals surface area contributed by atoms with Crippen molar-refractivity contribution >= 4 is 44.1 Å². The normalized spacial score (nSPS) is 20.4. The van der Waals surface area contributed by atoms with Crippen LogP contribution in [0.25, 0.3) is 0 Å².